The summed E-state index contributed by atoms with van der Waals surface area (Å²) in [6, 6.07) is 0. The molecule has 0 aromatic heterocycles. The smallest absolute Gasteiger partial charge is 0.330 e. The second-order valence-electron chi connectivity index (χ2n) is 7.89. The molecule has 0 aromatic carbocycles. The quantitative estimate of drug-likeness (QED) is 0.170. The fourth-order valence-electron chi connectivity index (χ4n) is 1.91. The molecule has 0 radical (unpaired) electrons. The van der Waals surface area contributed by atoms with Crippen LogP contribution in [0.1, 0.15) is 19.8 Å². The average Bonchev–Trinajstić information content (AvgIpc) is 2.41. The number of carbonyl (C=O) groups is 1. The number of carbonyl (C=O) groups excluding carboxylic acids is 1. The Morgan fingerprint density at radius 3 is 2.08 bits per heavy atom. The Bertz CT molecular complexity index is 385. The second kappa shape index (κ2) is 12.0. The highest BCUT2D eigenvalue weighted by Gasteiger charge is 2.26. The number of esters is 1. The number of hydrogen-bond donors (Lipinski definition) is 1. The predicted molar refractivity (Wildman–Crippen MR) is 104 cm³/mol. The van der Waals surface area contributed by atoms with E-state index in [0.717, 1.165) is 12.8 Å². The Kier molecular flexibility index (Phi) is 11.7. The van der Waals surface area contributed by atoms with Crippen molar-refractivity contribution < 1.29 is 28.2 Å². The fraction of sp³-hybridized carbons (Fsp3) is 0.824. The van der Waals surface area contributed by atoms with E-state index >= 15 is 0 Å². The first-order valence-corrected chi connectivity index (χ1v) is 15.7. The number of allylic oxidation sites excluding steroid dienone is 1. The van der Waals surface area contributed by atoms with E-state index in [-0.39, 0.29) is 19.5 Å². The third-order valence-corrected chi connectivity index (χ3v) is 4.67. The van der Waals surface area contributed by atoms with E-state index in [9.17, 15) is 9.90 Å². The average molecular weight is 393 g/mol. The van der Waals surface area contributed by atoms with Crippen LogP contribution < -0.4 is 0 Å². The molecular formula is C17H36O6Si2. The second-order valence-corrected chi connectivity index (χ2v) is 16.8. The monoisotopic (exact) mass is 392 g/mol. The number of aliphatic hydroxyl groups excluding tert-OH is 1. The standard InChI is InChI=1S/C17H36O6Si2/c1-8-10-16(19)21-14-15(18)13-20-12-9-11-17(22-24(2,3)4)23-25(5,6)7/h8,10,15,17-18H,9,11-14H2,1-7H3. The molecule has 0 fully saturated rings. The summed E-state index contributed by atoms with van der Waals surface area (Å²) in [5, 5.41) is 9.72. The lowest BCUT2D eigenvalue weighted by Crippen LogP contribution is -2.40. The molecule has 0 aliphatic rings. The van der Waals surface area contributed by atoms with Gasteiger partial charge in [0, 0.05) is 12.7 Å². The summed E-state index contributed by atoms with van der Waals surface area (Å²) in [5.74, 6) is -0.462. The van der Waals surface area contributed by atoms with Crippen molar-refractivity contribution in [1.29, 1.82) is 0 Å². The molecule has 0 spiro atoms. The molecule has 25 heavy (non-hydrogen) atoms. The van der Waals surface area contributed by atoms with Gasteiger partial charge < -0.3 is 23.4 Å². The molecule has 8 heteroatoms. The summed E-state index contributed by atoms with van der Waals surface area (Å²) in [6.07, 6.45) is 3.44. The molecule has 0 amide bonds. The molecule has 6 nitrogen and oxygen atoms in total. The Morgan fingerprint density at radius 1 is 1.04 bits per heavy atom. The van der Waals surface area contributed by atoms with E-state index < -0.39 is 28.7 Å². The minimum Gasteiger partial charge on any atom is -0.460 e. The zero-order chi connectivity index (χ0) is 19.5. The topological polar surface area (TPSA) is 74.2 Å². The highest BCUT2D eigenvalue weighted by Crippen LogP contribution is 2.17. The summed E-state index contributed by atoms with van der Waals surface area (Å²) in [5.41, 5.74) is 0. The van der Waals surface area contributed by atoms with Crippen molar-refractivity contribution in [2.45, 2.75) is 71.4 Å². The highest BCUT2D eigenvalue weighted by molar-refractivity contribution is 6.70. The third-order valence-electron chi connectivity index (χ3n) is 2.73. The van der Waals surface area contributed by atoms with Crippen molar-refractivity contribution in [2.75, 3.05) is 19.8 Å². The van der Waals surface area contributed by atoms with Crippen molar-refractivity contribution in [3.05, 3.63) is 12.2 Å². The SMILES string of the molecule is CC=CC(=O)OCC(O)COCCCC(O[Si](C)(C)C)O[Si](C)(C)C. The summed E-state index contributed by atoms with van der Waals surface area (Å²) in [6.45, 7) is 15.2. The molecule has 0 heterocycles. The minimum absolute atomic E-state index is 0.0662. The van der Waals surface area contributed by atoms with E-state index in [1.165, 1.54) is 6.08 Å². The Morgan fingerprint density at radius 2 is 1.60 bits per heavy atom. The van der Waals surface area contributed by atoms with Gasteiger partial charge in [-0.3, -0.25) is 0 Å². The Balaban J connectivity index is 4.02. The van der Waals surface area contributed by atoms with Crippen LogP contribution >= 0.6 is 0 Å². The molecule has 148 valence electrons. The van der Waals surface area contributed by atoms with Gasteiger partial charge in [-0.1, -0.05) is 6.08 Å². The van der Waals surface area contributed by atoms with Gasteiger partial charge in [0.15, 0.2) is 16.6 Å². The van der Waals surface area contributed by atoms with Gasteiger partial charge in [-0.25, -0.2) is 4.79 Å². The first-order valence-electron chi connectivity index (χ1n) is 8.84. The van der Waals surface area contributed by atoms with E-state index in [0.29, 0.717) is 6.61 Å². The van der Waals surface area contributed by atoms with Crippen molar-refractivity contribution >= 4 is 22.6 Å². The molecule has 0 saturated carbocycles. The Hall–Kier alpha value is -0.516. The lowest BCUT2D eigenvalue weighted by Gasteiger charge is -2.31. The molecule has 0 aliphatic carbocycles. The number of hydrogen-bond acceptors (Lipinski definition) is 6. The van der Waals surface area contributed by atoms with Crippen LogP contribution in [0.2, 0.25) is 39.3 Å². The van der Waals surface area contributed by atoms with Gasteiger partial charge in [-0.05, 0) is 59.0 Å². The zero-order valence-corrected chi connectivity index (χ0v) is 18.8. The van der Waals surface area contributed by atoms with Crippen molar-refractivity contribution in [1.82, 2.24) is 0 Å². The molecule has 1 N–H and O–H groups in total. The number of rotatable bonds is 13. The minimum atomic E-state index is -1.67. The van der Waals surface area contributed by atoms with Crippen LogP contribution in [-0.4, -0.2) is 59.9 Å². The molecule has 0 bridgehead atoms. The van der Waals surface area contributed by atoms with Crippen LogP contribution in [0.3, 0.4) is 0 Å². The molecule has 0 rings (SSSR count). The summed E-state index contributed by atoms with van der Waals surface area (Å²) in [4.78, 5) is 11.1. The van der Waals surface area contributed by atoms with Gasteiger partial charge in [0.2, 0.25) is 0 Å². The van der Waals surface area contributed by atoms with Crippen LogP contribution in [0, 0.1) is 0 Å². The Labute approximate surface area is 154 Å². The maximum Gasteiger partial charge on any atom is 0.330 e. The molecule has 0 aromatic rings. The maximum absolute atomic E-state index is 11.1. The van der Waals surface area contributed by atoms with Crippen molar-refractivity contribution in [3.8, 4) is 0 Å². The largest absolute Gasteiger partial charge is 0.460 e. The van der Waals surface area contributed by atoms with Gasteiger partial charge in [0.1, 0.15) is 19.0 Å². The normalized spacial score (nSPS) is 14.3. The molecular weight excluding hydrogens is 356 g/mol. The van der Waals surface area contributed by atoms with E-state index in [2.05, 4.69) is 39.3 Å². The van der Waals surface area contributed by atoms with Gasteiger partial charge in [0.05, 0.1) is 6.61 Å². The molecule has 0 aliphatic heterocycles. The third kappa shape index (κ3) is 16.7. The van der Waals surface area contributed by atoms with Gasteiger partial charge >= 0.3 is 5.97 Å². The van der Waals surface area contributed by atoms with Crippen LogP contribution in [0.25, 0.3) is 0 Å². The predicted octanol–water partition coefficient (Wildman–Crippen LogP) is 3.29. The number of ether oxygens (including phenoxy) is 2. The lowest BCUT2D eigenvalue weighted by atomic mass is 10.3. The highest BCUT2D eigenvalue weighted by atomic mass is 28.4. The van der Waals surface area contributed by atoms with Crippen molar-refractivity contribution in [2.24, 2.45) is 0 Å². The molecule has 1 unspecified atom stereocenters. The maximum atomic E-state index is 11.1. The first-order chi connectivity index (χ1) is 11.4. The van der Waals surface area contributed by atoms with E-state index in [1.54, 1.807) is 13.0 Å². The van der Waals surface area contributed by atoms with Crippen molar-refractivity contribution in [3.63, 3.8) is 0 Å². The van der Waals surface area contributed by atoms with Crippen LogP contribution in [0.15, 0.2) is 12.2 Å². The summed E-state index contributed by atoms with van der Waals surface area (Å²) >= 11 is 0. The summed E-state index contributed by atoms with van der Waals surface area (Å²) in [7, 11) is -3.34. The summed E-state index contributed by atoms with van der Waals surface area (Å²) < 4.78 is 22.5. The first kappa shape index (κ1) is 24.5. The molecule has 0 saturated heterocycles. The number of aliphatic hydroxyl groups is 1. The van der Waals surface area contributed by atoms with Crippen LogP contribution in [-0.2, 0) is 23.1 Å². The van der Waals surface area contributed by atoms with E-state index in [1.807, 2.05) is 0 Å². The fourth-order valence-corrected chi connectivity index (χ4v) is 3.92. The van der Waals surface area contributed by atoms with E-state index in [4.69, 9.17) is 18.3 Å². The van der Waals surface area contributed by atoms with Gasteiger partial charge in [-0.2, -0.15) is 0 Å². The van der Waals surface area contributed by atoms with Gasteiger partial charge in [-0.15, -0.1) is 0 Å². The lowest BCUT2D eigenvalue weighted by molar-refractivity contribution is -0.141. The van der Waals surface area contributed by atoms with Crippen LogP contribution in [0.5, 0.6) is 0 Å². The van der Waals surface area contributed by atoms with Gasteiger partial charge in [0.25, 0.3) is 0 Å². The van der Waals surface area contributed by atoms with Crippen LogP contribution in [0.4, 0.5) is 0 Å². The molecule has 1 atom stereocenters. The zero-order valence-electron chi connectivity index (χ0n) is 16.8.